The molecule has 2 nitrogen and oxygen atoms in total. The lowest BCUT2D eigenvalue weighted by Crippen LogP contribution is -2.06. The first kappa shape index (κ1) is 17.1. The number of nitrogens with one attached hydrogen (secondary N) is 1. The fourth-order valence-corrected chi connectivity index (χ4v) is 3.44. The van der Waals surface area contributed by atoms with Crippen LogP contribution in [0.2, 0.25) is 5.02 Å². The Kier molecular flexibility index (Phi) is 5.72. The van der Waals surface area contributed by atoms with Gasteiger partial charge in [0.2, 0.25) is 0 Å². The predicted molar refractivity (Wildman–Crippen MR) is 98.3 cm³/mol. The Morgan fingerprint density at radius 2 is 1.77 bits per heavy atom. The van der Waals surface area contributed by atoms with E-state index in [-0.39, 0.29) is 0 Å². The molecule has 0 amide bonds. The third kappa shape index (κ3) is 4.63. The van der Waals surface area contributed by atoms with Crippen molar-refractivity contribution in [2.75, 3.05) is 18.6 Å². The summed E-state index contributed by atoms with van der Waals surface area (Å²) in [5.41, 5.74) is 3.56. The minimum absolute atomic E-state index is 0.746. The first-order chi connectivity index (χ1) is 10.4. The van der Waals surface area contributed by atoms with Crippen LogP contribution in [0.1, 0.15) is 24.5 Å². The first-order valence-electron chi connectivity index (χ1n) is 7.57. The molecule has 0 atom stereocenters. The number of hydrogen-bond acceptors (Lipinski definition) is 2. The van der Waals surface area contributed by atoms with Gasteiger partial charge in [0.1, 0.15) is 7.14 Å². The van der Waals surface area contributed by atoms with Crippen LogP contribution in [0.3, 0.4) is 0 Å². The maximum Gasteiger partial charge on any atom is 0.109 e. The van der Waals surface area contributed by atoms with Crippen LogP contribution in [0, 0.1) is 0 Å². The quantitative estimate of drug-likeness (QED) is 0.739. The molecule has 0 aliphatic carbocycles. The average Bonchev–Trinajstić information content (AvgIpc) is 2.46. The Hall–Kier alpha value is -1.24. The van der Waals surface area contributed by atoms with Gasteiger partial charge in [0.05, 0.1) is 0 Å². The fourth-order valence-electron chi connectivity index (χ4n) is 2.38. The molecule has 0 spiro atoms. The third-order valence-corrected chi connectivity index (χ3v) is 5.40. The Morgan fingerprint density at radius 1 is 1.09 bits per heavy atom. The summed E-state index contributed by atoms with van der Waals surface area (Å²) in [6, 6.07) is 14.0. The Morgan fingerprint density at radius 3 is 2.36 bits per heavy atom. The van der Waals surface area contributed by atoms with Crippen LogP contribution >= 0.6 is 18.7 Å². The predicted octanol–water partition coefficient (Wildman–Crippen LogP) is 5.15. The molecule has 0 aromatic heterocycles. The molecule has 0 saturated carbocycles. The summed E-state index contributed by atoms with van der Waals surface area (Å²) in [6.07, 6.45) is 2.10. The van der Waals surface area contributed by atoms with Crippen molar-refractivity contribution in [3.8, 4) is 0 Å². The number of aryl methyl sites for hydroxylation is 1. The third-order valence-electron chi connectivity index (χ3n) is 3.63. The topological polar surface area (TPSA) is 29.1 Å². The van der Waals surface area contributed by atoms with E-state index < -0.39 is 7.14 Å². The molecule has 0 unspecified atom stereocenters. The summed E-state index contributed by atoms with van der Waals surface area (Å²) >= 11 is 6.08. The van der Waals surface area contributed by atoms with E-state index in [0.717, 1.165) is 35.4 Å². The lowest BCUT2D eigenvalue weighted by Gasteiger charge is -2.13. The number of halogens is 1. The zero-order valence-electron chi connectivity index (χ0n) is 13.4. The van der Waals surface area contributed by atoms with E-state index in [1.165, 1.54) is 11.1 Å². The van der Waals surface area contributed by atoms with Gasteiger partial charge >= 0.3 is 0 Å². The molecule has 2 rings (SSSR count). The molecule has 0 fully saturated rings. The van der Waals surface area contributed by atoms with Gasteiger partial charge in [-0.2, -0.15) is 0 Å². The molecule has 118 valence electrons. The van der Waals surface area contributed by atoms with Gasteiger partial charge in [0.15, 0.2) is 0 Å². The van der Waals surface area contributed by atoms with Gasteiger partial charge in [0.25, 0.3) is 0 Å². The Bertz CT molecular complexity index is 676. The molecule has 0 bridgehead atoms. The smallest absolute Gasteiger partial charge is 0.109 e. The second kappa shape index (κ2) is 7.35. The highest BCUT2D eigenvalue weighted by atomic mass is 35.5. The van der Waals surface area contributed by atoms with Gasteiger partial charge in [-0.1, -0.05) is 49.2 Å². The second-order valence-corrected chi connectivity index (χ2v) is 9.58. The van der Waals surface area contributed by atoms with Crippen LogP contribution in [-0.4, -0.2) is 13.3 Å². The molecule has 4 heteroatoms. The van der Waals surface area contributed by atoms with Crippen LogP contribution < -0.4 is 10.6 Å². The summed E-state index contributed by atoms with van der Waals surface area (Å²) < 4.78 is 12.0. The van der Waals surface area contributed by atoms with Crippen molar-refractivity contribution < 1.29 is 4.57 Å². The van der Waals surface area contributed by atoms with Crippen LogP contribution in [-0.2, 0) is 17.5 Å². The zero-order valence-corrected chi connectivity index (χ0v) is 15.0. The SMILES string of the molecule is CCCc1cc(Cl)ccc1NCc1ccc(P(C)(C)=O)cc1. The number of hydrogen-bond donors (Lipinski definition) is 1. The van der Waals surface area contributed by atoms with Gasteiger partial charge < -0.3 is 9.88 Å². The van der Waals surface area contributed by atoms with Gasteiger partial charge in [-0.05, 0) is 49.1 Å². The average molecular weight is 336 g/mol. The van der Waals surface area contributed by atoms with E-state index in [0.29, 0.717) is 0 Å². The van der Waals surface area contributed by atoms with Gasteiger partial charge in [-0.15, -0.1) is 0 Å². The summed E-state index contributed by atoms with van der Waals surface area (Å²) in [5.74, 6) is 0. The van der Waals surface area contributed by atoms with Gasteiger partial charge in [0, 0.05) is 22.6 Å². The van der Waals surface area contributed by atoms with Crippen molar-refractivity contribution in [2.45, 2.75) is 26.3 Å². The highest BCUT2D eigenvalue weighted by Crippen LogP contribution is 2.34. The molecule has 0 saturated heterocycles. The molecule has 0 heterocycles. The standard InChI is InChI=1S/C18H23ClNOP/c1-4-5-15-12-16(19)8-11-18(15)20-13-14-6-9-17(10-7-14)22(2,3)21/h6-12,20H,4-5,13H2,1-3H3. The van der Waals surface area contributed by atoms with Gasteiger partial charge in [-0.25, -0.2) is 0 Å². The van der Waals surface area contributed by atoms with Crippen LogP contribution in [0.25, 0.3) is 0 Å². The first-order valence-corrected chi connectivity index (χ1v) is 10.5. The largest absolute Gasteiger partial charge is 0.381 e. The van der Waals surface area contributed by atoms with E-state index in [9.17, 15) is 4.57 Å². The maximum atomic E-state index is 12.0. The normalized spacial score (nSPS) is 11.5. The highest BCUT2D eigenvalue weighted by molar-refractivity contribution is 7.70. The van der Waals surface area contributed by atoms with Crippen molar-refractivity contribution >= 4 is 29.7 Å². The second-order valence-electron chi connectivity index (χ2n) is 5.92. The Labute approximate surface area is 138 Å². The molecule has 0 aliphatic heterocycles. The van der Waals surface area contributed by atoms with Crippen LogP contribution in [0.15, 0.2) is 42.5 Å². The van der Waals surface area contributed by atoms with E-state index in [1.807, 2.05) is 42.5 Å². The lowest BCUT2D eigenvalue weighted by molar-refractivity contribution is 0.588. The molecular weight excluding hydrogens is 313 g/mol. The monoisotopic (exact) mass is 335 g/mol. The highest BCUT2D eigenvalue weighted by Gasteiger charge is 2.10. The van der Waals surface area contributed by atoms with E-state index in [2.05, 4.69) is 12.2 Å². The van der Waals surface area contributed by atoms with Crippen molar-refractivity contribution in [2.24, 2.45) is 0 Å². The summed E-state index contributed by atoms with van der Waals surface area (Å²) in [6.45, 7) is 6.50. The molecule has 2 aromatic rings. The maximum absolute atomic E-state index is 12.0. The van der Waals surface area contributed by atoms with Crippen LogP contribution in [0.5, 0.6) is 0 Å². The molecule has 0 radical (unpaired) electrons. The van der Waals surface area contributed by atoms with E-state index in [4.69, 9.17) is 11.6 Å². The van der Waals surface area contributed by atoms with Crippen molar-refractivity contribution in [3.63, 3.8) is 0 Å². The summed E-state index contributed by atoms with van der Waals surface area (Å²) in [7, 11) is -2.17. The molecule has 22 heavy (non-hydrogen) atoms. The fraction of sp³-hybridized carbons (Fsp3) is 0.333. The lowest BCUT2D eigenvalue weighted by atomic mass is 10.1. The zero-order chi connectivity index (χ0) is 16.2. The molecule has 0 aliphatic rings. The van der Waals surface area contributed by atoms with E-state index in [1.54, 1.807) is 13.3 Å². The number of benzene rings is 2. The molecular formula is C18H23ClNOP. The number of anilines is 1. The van der Waals surface area contributed by atoms with E-state index >= 15 is 0 Å². The van der Waals surface area contributed by atoms with Crippen molar-refractivity contribution in [1.82, 2.24) is 0 Å². The number of rotatable bonds is 6. The minimum atomic E-state index is -2.17. The molecule has 2 aromatic carbocycles. The van der Waals surface area contributed by atoms with Crippen molar-refractivity contribution in [1.29, 1.82) is 0 Å². The Balaban J connectivity index is 2.08. The van der Waals surface area contributed by atoms with Crippen molar-refractivity contribution in [3.05, 3.63) is 58.6 Å². The minimum Gasteiger partial charge on any atom is -0.381 e. The van der Waals surface area contributed by atoms with Gasteiger partial charge in [-0.3, -0.25) is 0 Å². The summed E-state index contributed by atoms with van der Waals surface area (Å²) in [4.78, 5) is 0. The van der Waals surface area contributed by atoms with Crippen LogP contribution in [0.4, 0.5) is 5.69 Å². The summed E-state index contributed by atoms with van der Waals surface area (Å²) in [5, 5.41) is 5.18. The molecule has 1 N–H and O–H groups in total.